The number of carbonyl (C=O) groups excluding carboxylic acids is 1. The van der Waals surface area contributed by atoms with Gasteiger partial charge >= 0.3 is 0 Å². The summed E-state index contributed by atoms with van der Waals surface area (Å²) in [6.45, 7) is 7.34. The minimum atomic E-state index is -0.202. The summed E-state index contributed by atoms with van der Waals surface area (Å²) in [7, 11) is 1.89. The van der Waals surface area contributed by atoms with Crippen LogP contribution in [0.5, 0.6) is 0 Å². The van der Waals surface area contributed by atoms with Crippen molar-refractivity contribution in [3.63, 3.8) is 0 Å². The maximum absolute atomic E-state index is 11.4. The van der Waals surface area contributed by atoms with Gasteiger partial charge in [0, 0.05) is 49.9 Å². The fraction of sp³-hybridized carbons (Fsp3) is 0.280. The number of aromatic nitrogens is 3. The second kappa shape index (κ2) is 12.9. The number of aryl methyl sites for hydroxylation is 1. The first kappa shape index (κ1) is 25.5. The van der Waals surface area contributed by atoms with Crippen molar-refractivity contribution >= 4 is 28.9 Å². The average Bonchev–Trinajstić information content (AvgIpc) is 3.20. The zero-order chi connectivity index (χ0) is 24.2. The Balaban J connectivity index is 0.00000187. The van der Waals surface area contributed by atoms with Gasteiger partial charge in [-0.05, 0) is 30.7 Å². The maximum atomic E-state index is 11.4. The predicted octanol–water partition coefficient (Wildman–Crippen LogP) is 4.60. The van der Waals surface area contributed by atoms with Crippen LogP contribution in [0.1, 0.15) is 51.1 Å². The Hall–Kier alpha value is -3.78. The van der Waals surface area contributed by atoms with Crippen LogP contribution in [-0.2, 0) is 18.4 Å². The Morgan fingerprint density at radius 3 is 2.58 bits per heavy atom. The lowest BCUT2D eigenvalue weighted by atomic mass is 10.2. The third-order valence-corrected chi connectivity index (χ3v) is 4.43. The van der Waals surface area contributed by atoms with E-state index in [-0.39, 0.29) is 12.5 Å². The molecule has 0 unspecified atom stereocenters. The molecule has 3 aromatic heterocycles. The van der Waals surface area contributed by atoms with Gasteiger partial charge in [0.2, 0.25) is 5.91 Å². The maximum Gasteiger partial charge on any atom is 0.222 e. The molecule has 3 heterocycles. The summed E-state index contributed by atoms with van der Waals surface area (Å²) in [6, 6.07) is 11.0. The van der Waals surface area contributed by atoms with E-state index < -0.39 is 0 Å². The number of allylic oxidation sites excluding steroid dienone is 1. The van der Waals surface area contributed by atoms with Gasteiger partial charge in [0.25, 0.3) is 0 Å². The molecule has 174 valence electrons. The molecule has 0 bridgehead atoms. The van der Waals surface area contributed by atoms with Gasteiger partial charge in [-0.3, -0.25) is 9.78 Å². The smallest absolute Gasteiger partial charge is 0.222 e. The van der Waals surface area contributed by atoms with Crippen LogP contribution in [0.2, 0.25) is 0 Å². The molecule has 3 aromatic rings. The third-order valence-electron chi connectivity index (χ3n) is 4.43. The summed E-state index contributed by atoms with van der Waals surface area (Å²) in [4.78, 5) is 24.9. The SMILES string of the molecule is CC.CC/C=C(/N=C(Nc1ccnc(NC(C)=O)c1)c1c(CO)ccn1C)c1ccccn1. The minimum Gasteiger partial charge on any atom is -0.392 e. The molecule has 0 aliphatic carbocycles. The normalized spacial score (nSPS) is 11.5. The Bertz CT molecular complexity index is 1100. The van der Waals surface area contributed by atoms with E-state index in [1.165, 1.54) is 6.92 Å². The van der Waals surface area contributed by atoms with Crippen molar-refractivity contribution in [2.75, 3.05) is 10.6 Å². The standard InChI is InChI=1S/C23H26N6O2.C2H6/c1-4-7-20(19-8-5-6-11-24-19)28-23(22-17(15-30)10-13-29(22)3)27-18-9-12-25-21(14-18)26-16(2)31;1-2/h5-14,30H,4,15H2,1-3H3,(H2,25,26,27,28,31);1-2H3/b20-7+;. The monoisotopic (exact) mass is 448 g/mol. The highest BCUT2D eigenvalue weighted by Gasteiger charge is 2.16. The highest BCUT2D eigenvalue weighted by atomic mass is 16.3. The molecule has 0 spiro atoms. The Kier molecular flexibility index (Phi) is 9.98. The number of pyridine rings is 2. The molecule has 8 nitrogen and oxygen atoms in total. The van der Waals surface area contributed by atoms with E-state index in [1.807, 2.05) is 68.9 Å². The van der Waals surface area contributed by atoms with Crippen LogP contribution in [0.15, 0.2) is 66.1 Å². The number of aliphatic hydroxyl groups is 1. The topological polar surface area (TPSA) is 104 Å². The molecule has 0 aliphatic rings. The number of nitrogens with one attached hydrogen (secondary N) is 2. The molecule has 0 saturated heterocycles. The van der Waals surface area contributed by atoms with E-state index in [4.69, 9.17) is 4.99 Å². The molecular weight excluding hydrogens is 416 g/mol. The van der Waals surface area contributed by atoms with E-state index in [1.54, 1.807) is 24.5 Å². The lowest BCUT2D eigenvalue weighted by Crippen LogP contribution is -2.19. The Morgan fingerprint density at radius 2 is 1.94 bits per heavy atom. The van der Waals surface area contributed by atoms with Crippen molar-refractivity contribution in [3.05, 3.63) is 78.0 Å². The largest absolute Gasteiger partial charge is 0.392 e. The van der Waals surface area contributed by atoms with E-state index in [2.05, 4.69) is 20.6 Å². The molecule has 0 aliphatic heterocycles. The zero-order valence-electron chi connectivity index (χ0n) is 19.8. The van der Waals surface area contributed by atoms with E-state index in [0.29, 0.717) is 23.0 Å². The number of anilines is 2. The van der Waals surface area contributed by atoms with Gasteiger partial charge in [0.15, 0.2) is 5.84 Å². The fourth-order valence-corrected chi connectivity index (χ4v) is 3.10. The fourth-order valence-electron chi connectivity index (χ4n) is 3.10. The summed E-state index contributed by atoms with van der Waals surface area (Å²) in [6.07, 6.45) is 7.99. The van der Waals surface area contributed by atoms with Crippen LogP contribution in [0.4, 0.5) is 11.5 Å². The Morgan fingerprint density at radius 1 is 1.15 bits per heavy atom. The quantitative estimate of drug-likeness (QED) is 0.362. The number of amidine groups is 1. The van der Waals surface area contributed by atoms with Crippen molar-refractivity contribution in [2.45, 2.75) is 40.7 Å². The summed E-state index contributed by atoms with van der Waals surface area (Å²) < 4.78 is 1.90. The number of aliphatic hydroxyl groups excluding tert-OH is 1. The molecular formula is C25H32N6O2. The van der Waals surface area contributed by atoms with Crippen molar-refractivity contribution in [1.82, 2.24) is 14.5 Å². The molecule has 0 aromatic carbocycles. The molecule has 0 saturated carbocycles. The van der Waals surface area contributed by atoms with Gasteiger partial charge in [-0.2, -0.15) is 0 Å². The first-order valence-electron chi connectivity index (χ1n) is 11.0. The number of rotatable bonds is 7. The van der Waals surface area contributed by atoms with Gasteiger partial charge in [-0.25, -0.2) is 9.98 Å². The summed E-state index contributed by atoms with van der Waals surface area (Å²) >= 11 is 0. The molecule has 8 heteroatoms. The second-order valence-electron chi connectivity index (χ2n) is 6.87. The molecule has 0 radical (unpaired) electrons. The number of hydrogen-bond donors (Lipinski definition) is 3. The highest BCUT2D eigenvalue weighted by molar-refractivity contribution is 6.10. The summed E-state index contributed by atoms with van der Waals surface area (Å²) in [5, 5.41) is 15.9. The molecule has 33 heavy (non-hydrogen) atoms. The van der Waals surface area contributed by atoms with Crippen LogP contribution >= 0.6 is 0 Å². The zero-order valence-corrected chi connectivity index (χ0v) is 19.8. The first-order valence-corrected chi connectivity index (χ1v) is 11.0. The number of nitrogens with zero attached hydrogens (tertiary/aromatic N) is 4. The summed E-state index contributed by atoms with van der Waals surface area (Å²) in [5.74, 6) is 0.772. The van der Waals surface area contributed by atoms with Crippen LogP contribution in [0.3, 0.4) is 0 Å². The average molecular weight is 449 g/mol. The number of carbonyl (C=O) groups is 1. The third kappa shape index (κ3) is 7.11. The molecule has 0 atom stereocenters. The second-order valence-corrected chi connectivity index (χ2v) is 6.87. The van der Waals surface area contributed by atoms with Gasteiger partial charge in [0.05, 0.1) is 23.7 Å². The number of hydrogen-bond acceptors (Lipinski definition) is 5. The van der Waals surface area contributed by atoms with Crippen LogP contribution < -0.4 is 10.6 Å². The lowest BCUT2D eigenvalue weighted by molar-refractivity contribution is -0.114. The van der Waals surface area contributed by atoms with Crippen LogP contribution in [-0.4, -0.2) is 31.4 Å². The van der Waals surface area contributed by atoms with Crippen molar-refractivity contribution in [2.24, 2.45) is 12.0 Å². The first-order chi connectivity index (χ1) is 16.0. The van der Waals surface area contributed by atoms with Gasteiger partial charge < -0.3 is 20.3 Å². The number of aliphatic imine (C=N–C) groups is 1. The predicted molar refractivity (Wildman–Crippen MR) is 134 cm³/mol. The highest BCUT2D eigenvalue weighted by Crippen LogP contribution is 2.21. The van der Waals surface area contributed by atoms with Crippen molar-refractivity contribution in [3.8, 4) is 0 Å². The summed E-state index contributed by atoms with van der Waals surface area (Å²) in [5.41, 5.74) is 3.64. The van der Waals surface area contributed by atoms with E-state index >= 15 is 0 Å². The van der Waals surface area contributed by atoms with Crippen molar-refractivity contribution < 1.29 is 9.90 Å². The molecule has 1 amide bonds. The van der Waals surface area contributed by atoms with Gasteiger partial charge in [-0.15, -0.1) is 0 Å². The molecule has 0 fully saturated rings. The number of amides is 1. The van der Waals surface area contributed by atoms with E-state index in [9.17, 15) is 9.90 Å². The molecule has 3 N–H and O–H groups in total. The van der Waals surface area contributed by atoms with Gasteiger partial charge in [-0.1, -0.05) is 32.9 Å². The Labute approximate surface area is 195 Å². The lowest BCUT2D eigenvalue weighted by Gasteiger charge is -2.15. The minimum absolute atomic E-state index is 0.124. The van der Waals surface area contributed by atoms with Crippen LogP contribution in [0.25, 0.3) is 5.70 Å². The molecule has 3 rings (SSSR count). The van der Waals surface area contributed by atoms with Gasteiger partial charge in [0.1, 0.15) is 5.82 Å². The van der Waals surface area contributed by atoms with E-state index in [0.717, 1.165) is 23.4 Å². The van der Waals surface area contributed by atoms with Crippen molar-refractivity contribution in [1.29, 1.82) is 0 Å². The van der Waals surface area contributed by atoms with Crippen LogP contribution in [0, 0.1) is 0 Å².